The molecule has 0 bridgehead atoms. The highest BCUT2D eigenvalue weighted by Crippen LogP contribution is 2.33. The molecular weight excluding hydrogens is 761 g/mol. The van der Waals surface area contributed by atoms with Crippen LogP contribution >= 0.6 is 11.3 Å². The molecule has 15 heteroatoms. The van der Waals surface area contributed by atoms with Crippen LogP contribution in [0.1, 0.15) is 140 Å². The third-order valence-corrected chi connectivity index (χ3v) is 12.3. The van der Waals surface area contributed by atoms with Crippen LogP contribution in [0.5, 0.6) is 5.75 Å². The average Bonchev–Trinajstić information content (AvgIpc) is 3.86. The minimum absolute atomic E-state index is 0.0801. The fraction of sp³-hybridized carbons (Fsp3) is 0.674. The van der Waals surface area contributed by atoms with Crippen molar-refractivity contribution in [1.29, 1.82) is 0 Å². The molecule has 2 heterocycles. The molecule has 0 aliphatic carbocycles. The quantitative estimate of drug-likeness (QED) is 0.0665. The minimum atomic E-state index is -1.15. The van der Waals surface area contributed by atoms with Crippen LogP contribution in [0.3, 0.4) is 0 Å². The van der Waals surface area contributed by atoms with Crippen molar-refractivity contribution >= 4 is 41.1 Å². The first-order chi connectivity index (χ1) is 27.3. The molecule has 6 N–H and O–H groups in total. The summed E-state index contributed by atoms with van der Waals surface area (Å²) in [6.07, 6.45) is 4.96. The first-order valence-electron chi connectivity index (χ1n) is 20.9. The Morgan fingerprint density at radius 1 is 1.05 bits per heavy atom. The van der Waals surface area contributed by atoms with Crippen molar-refractivity contribution in [2.45, 2.75) is 149 Å². The number of alkyl carbamates (subject to hydrolysis) is 1. The monoisotopic (exact) mass is 828 g/mol. The molecule has 58 heavy (non-hydrogen) atoms. The normalized spacial score (nSPS) is 18.1. The van der Waals surface area contributed by atoms with E-state index >= 15 is 0 Å². The second-order valence-electron chi connectivity index (χ2n) is 17.0. The van der Waals surface area contributed by atoms with E-state index in [1.807, 2.05) is 39.5 Å². The Kier molecular flexibility index (Phi) is 18.4. The molecule has 0 radical (unpaired) electrons. The largest absolute Gasteiger partial charge is 0.508 e. The summed E-state index contributed by atoms with van der Waals surface area (Å²) in [5, 5.41) is 33.5. The molecule has 0 saturated carbocycles. The van der Waals surface area contributed by atoms with Crippen molar-refractivity contribution in [3.8, 4) is 5.75 Å². The van der Waals surface area contributed by atoms with E-state index in [0.29, 0.717) is 30.8 Å². The highest BCUT2D eigenvalue weighted by Gasteiger charge is 2.42. The standard InChI is InChI=1S/C43H68N6O8S/c1-10-12-13-14-22-49(38(52)35(28(5)11-2)48-39(53)43(8)20-15-21-45-43)33(27(3)4)24-34(57-41(56)44-9)37-47-32(26-58-37)36(51)46-30(25-42(6,7)40(54)55)23-29-16-18-31(50)19-17-29/h16-19,26-28,30,33-35,45,50H,10-15,20-25H2,1-9H3,(H,44,56)(H,46,51)(H,48,53)(H,54,55)/t28-,30-,33+,34+,35-,43+/m0/s1. The van der Waals surface area contributed by atoms with Crippen LogP contribution < -0.4 is 21.3 Å². The number of phenols is 1. The summed E-state index contributed by atoms with van der Waals surface area (Å²) in [5.41, 5.74) is -1.02. The van der Waals surface area contributed by atoms with Crippen LogP contribution in [-0.4, -0.2) is 93.7 Å². The van der Waals surface area contributed by atoms with Crippen molar-refractivity contribution in [2.75, 3.05) is 20.1 Å². The van der Waals surface area contributed by atoms with E-state index in [-0.39, 0.29) is 47.9 Å². The molecule has 1 aliphatic heterocycles. The van der Waals surface area contributed by atoms with Gasteiger partial charge in [0, 0.05) is 37.5 Å². The van der Waals surface area contributed by atoms with Crippen molar-refractivity contribution < 1.29 is 38.9 Å². The fourth-order valence-corrected chi connectivity index (χ4v) is 8.20. The van der Waals surface area contributed by atoms with Crippen molar-refractivity contribution in [3.63, 3.8) is 0 Å². The van der Waals surface area contributed by atoms with Gasteiger partial charge in [-0.05, 0) is 89.0 Å². The van der Waals surface area contributed by atoms with Crippen molar-refractivity contribution in [1.82, 2.24) is 31.2 Å². The Morgan fingerprint density at radius 3 is 2.31 bits per heavy atom. The van der Waals surface area contributed by atoms with Crippen LogP contribution in [-0.2, 0) is 25.5 Å². The lowest BCUT2D eigenvalue weighted by Gasteiger charge is -2.40. The Hall–Kier alpha value is -4.24. The third-order valence-electron chi connectivity index (χ3n) is 11.4. The second-order valence-corrected chi connectivity index (χ2v) is 17.9. The number of carboxylic acids is 1. The predicted octanol–water partition coefficient (Wildman–Crippen LogP) is 6.58. The second kappa shape index (κ2) is 22.2. The summed E-state index contributed by atoms with van der Waals surface area (Å²) in [6, 6.07) is 4.73. The lowest BCUT2D eigenvalue weighted by Crippen LogP contribution is -2.60. The summed E-state index contributed by atoms with van der Waals surface area (Å²) in [4.78, 5) is 73.7. The number of aliphatic carboxylic acids is 1. The first-order valence-corrected chi connectivity index (χ1v) is 21.8. The van der Waals surface area contributed by atoms with E-state index in [1.54, 1.807) is 31.4 Å². The average molecular weight is 829 g/mol. The number of hydrogen-bond donors (Lipinski definition) is 6. The molecular formula is C43H68N6O8S. The number of benzene rings is 1. The van der Waals surface area contributed by atoms with Crippen LogP contribution in [0.15, 0.2) is 29.6 Å². The van der Waals surface area contributed by atoms with Gasteiger partial charge >= 0.3 is 12.1 Å². The number of aromatic hydroxyl groups is 1. The maximum atomic E-state index is 14.8. The molecule has 6 atom stereocenters. The van der Waals surface area contributed by atoms with Crippen molar-refractivity contribution in [3.05, 3.63) is 45.9 Å². The minimum Gasteiger partial charge on any atom is -0.508 e. The van der Waals surface area contributed by atoms with Crippen LogP contribution in [0.2, 0.25) is 0 Å². The number of rotatable bonds is 23. The van der Waals surface area contributed by atoms with E-state index in [4.69, 9.17) is 4.74 Å². The van der Waals surface area contributed by atoms with E-state index in [1.165, 1.54) is 19.2 Å². The number of carbonyl (C=O) groups excluding carboxylic acids is 4. The van der Waals surface area contributed by atoms with Crippen LogP contribution in [0.4, 0.5) is 4.79 Å². The predicted molar refractivity (Wildman–Crippen MR) is 226 cm³/mol. The zero-order chi connectivity index (χ0) is 43.2. The van der Waals surface area contributed by atoms with Gasteiger partial charge < -0.3 is 41.1 Å². The summed E-state index contributed by atoms with van der Waals surface area (Å²) >= 11 is 1.16. The number of amides is 4. The molecule has 1 aromatic heterocycles. The Bertz CT molecular complexity index is 1660. The van der Waals surface area contributed by atoms with E-state index in [0.717, 1.165) is 55.5 Å². The molecule has 3 rings (SSSR count). The third kappa shape index (κ3) is 13.7. The summed E-state index contributed by atoms with van der Waals surface area (Å²) < 4.78 is 5.93. The van der Waals surface area contributed by atoms with Gasteiger partial charge in [0.15, 0.2) is 6.10 Å². The number of carboxylic acid groups (broad SMARTS) is 1. The summed E-state index contributed by atoms with van der Waals surface area (Å²) in [7, 11) is 1.45. The number of unbranched alkanes of at least 4 members (excludes halogenated alkanes) is 3. The Balaban J connectivity index is 1.97. The van der Waals surface area contributed by atoms with Gasteiger partial charge in [-0.15, -0.1) is 11.3 Å². The fourth-order valence-electron chi connectivity index (χ4n) is 7.36. The lowest BCUT2D eigenvalue weighted by molar-refractivity contribution is -0.147. The van der Waals surface area contributed by atoms with E-state index in [9.17, 15) is 34.2 Å². The summed E-state index contributed by atoms with van der Waals surface area (Å²) in [6.45, 7) is 16.4. The molecule has 1 fully saturated rings. The molecule has 0 spiro atoms. The zero-order valence-electron chi connectivity index (χ0n) is 36.0. The van der Waals surface area contributed by atoms with Gasteiger partial charge in [0.2, 0.25) is 11.8 Å². The Morgan fingerprint density at radius 2 is 1.74 bits per heavy atom. The van der Waals surface area contributed by atoms with Gasteiger partial charge in [-0.1, -0.05) is 72.4 Å². The number of aromatic nitrogens is 1. The number of ether oxygens (including phenoxy) is 1. The highest BCUT2D eigenvalue weighted by atomic mass is 32.1. The molecule has 324 valence electrons. The topological polar surface area (TPSA) is 199 Å². The SMILES string of the molecule is CCCCCCN(C(=O)[C@@H](NC(=O)[C@@]1(C)CCCN1)[C@@H](C)CC)[C@H](C[C@@H](OC(=O)NC)c1nc(C(=O)N[C@@H](Cc2ccc(O)cc2)CC(C)(C)C(=O)O)cs1)C(C)C. The van der Waals surface area contributed by atoms with Crippen LogP contribution in [0, 0.1) is 17.3 Å². The van der Waals surface area contributed by atoms with E-state index < -0.39 is 53.2 Å². The van der Waals surface area contributed by atoms with Gasteiger partial charge in [-0.25, -0.2) is 9.78 Å². The van der Waals surface area contributed by atoms with Gasteiger partial charge in [0.05, 0.1) is 11.0 Å². The number of carbonyl (C=O) groups is 5. The number of hydrogen-bond acceptors (Lipinski definition) is 10. The summed E-state index contributed by atoms with van der Waals surface area (Å²) in [5.74, 6) is -2.03. The van der Waals surface area contributed by atoms with Gasteiger partial charge in [0.1, 0.15) is 22.5 Å². The molecule has 1 aliphatic rings. The maximum Gasteiger partial charge on any atom is 0.407 e. The number of nitrogens with zero attached hydrogens (tertiary/aromatic N) is 2. The maximum absolute atomic E-state index is 14.8. The molecule has 14 nitrogen and oxygen atoms in total. The van der Waals surface area contributed by atoms with Crippen LogP contribution in [0.25, 0.3) is 0 Å². The highest BCUT2D eigenvalue weighted by molar-refractivity contribution is 7.09. The Labute approximate surface area is 348 Å². The molecule has 0 unspecified atom stereocenters. The number of phenolic OH excluding ortho intramolecular Hbond substituents is 1. The van der Waals surface area contributed by atoms with Gasteiger partial charge in [-0.2, -0.15) is 0 Å². The lowest BCUT2D eigenvalue weighted by atomic mass is 9.84. The zero-order valence-corrected chi connectivity index (χ0v) is 36.8. The number of thiazole rings is 1. The van der Waals surface area contributed by atoms with Gasteiger partial charge in [-0.3, -0.25) is 19.2 Å². The molecule has 2 aromatic rings. The number of nitrogens with one attached hydrogen (secondary N) is 4. The van der Waals surface area contributed by atoms with Gasteiger partial charge in [0.25, 0.3) is 5.91 Å². The smallest absolute Gasteiger partial charge is 0.407 e. The van der Waals surface area contributed by atoms with E-state index in [2.05, 4.69) is 33.2 Å². The molecule has 1 saturated heterocycles. The molecule has 1 aromatic carbocycles. The molecule has 4 amide bonds. The van der Waals surface area contributed by atoms with Crippen molar-refractivity contribution in [2.24, 2.45) is 17.3 Å². The first kappa shape index (κ1) is 48.1.